The topological polar surface area (TPSA) is 65.3 Å². The molecule has 0 spiro atoms. The Bertz CT molecular complexity index is 692. The first-order chi connectivity index (χ1) is 9.43. The van der Waals surface area contributed by atoms with Gasteiger partial charge in [0, 0.05) is 11.1 Å². The molecule has 2 rings (SSSR count). The predicted octanol–water partition coefficient (Wildman–Crippen LogP) is 4.63. The SMILES string of the molecule is COc1ccc([N+](=O)[O-])nc1-c1cc(Cl)cc(Cl)c1Cl. The van der Waals surface area contributed by atoms with Gasteiger partial charge in [0.15, 0.2) is 5.75 Å². The molecule has 1 aromatic heterocycles. The summed E-state index contributed by atoms with van der Waals surface area (Å²) in [6.07, 6.45) is 0. The van der Waals surface area contributed by atoms with Crippen LogP contribution in [-0.2, 0) is 0 Å². The van der Waals surface area contributed by atoms with Crippen molar-refractivity contribution in [3.63, 3.8) is 0 Å². The second kappa shape index (κ2) is 5.83. The Labute approximate surface area is 129 Å². The average molecular weight is 334 g/mol. The van der Waals surface area contributed by atoms with E-state index >= 15 is 0 Å². The largest absolute Gasteiger partial charge is 0.492 e. The number of hydrogen-bond donors (Lipinski definition) is 0. The Kier molecular flexibility index (Phi) is 4.32. The van der Waals surface area contributed by atoms with Gasteiger partial charge in [-0.25, -0.2) is 0 Å². The van der Waals surface area contributed by atoms with Crippen LogP contribution in [0.3, 0.4) is 0 Å². The molecule has 1 aromatic carbocycles. The van der Waals surface area contributed by atoms with Crippen molar-refractivity contribution in [2.24, 2.45) is 0 Å². The van der Waals surface area contributed by atoms with Crippen molar-refractivity contribution in [3.8, 4) is 17.0 Å². The molecule has 0 atom stereocenters. The summed E-state index contributed by atoms with van der Waals surface area (Å²) in [5, 5.41) is 11.6. The summed E-state index contributed by atoms with van der Waals surface area (Å²) < 4.78 is 5.14. The van der Waals surface area contributed by atoms with E-state index in [1.54, 1.807) is 0 Å². The average Bonchev–Trinajstić information content (AvgIpc) is 2.42. The van der Waals surface area contributed by atoms with Crippen molar-refractivity contribution in [1.82, 2.24) is 4.98 Å². The molecular weight excluding hydrogens is 327 g/mol. The normalized spacial score (nSPS) is 10.4. The first kappa shape index (κ1) is 14.8. The number of aromatic nitrogens is 1. The number of benzene rings is 1. The molecule has 104 valence electrons. The summed E-state index contributed by atoms with van der Waals surface area (Å²) in [5.41, 5.74) is 0.570. The first-order valence-electron chi connectivity index (χ1n) is 5.28. The Morgan fingerprint density at radius 2 is 1.95 bits per heavy atom. The smallest absolute Gasteiger partial charge is 0.364 e. The van der Waals surface area contributed by atoms with Gasteiger partial charge in [-0.05, 0) is 28.1 Å². The van der Waals surface area contributed by atoms with Crippen LogP contribution in [0.4, 0.5) is 5.82 Å². The van der Waals surface area contributed by atoms with Crippen LogP contribution in [0.15, 0.2) is 24.3 Å². The molecule has 8 heteroatoms. The van der Waals surface area contributed by atoms with E-state index in [1.165, 1.54) is 31.4 Å². The maximum absolute atomic E-state index is 10.8. The quantitative estimate of drug-likeness (QED) is 0.467. The van der Waals surface area contributed by atoms with Gasteiger partial charge < -0.3 is 14.9 Å². The second-order valence-electron chi connectivity index (χ2n) is 3.73. The number of hydrogen-bond acceptors (Lipinski definition) is 4. The monoisotopic (exact) mass is 332 g/mol. The molecule has 0 aliphatic heterocycles. The van der Waals surface area contributed by atoms with E-state index in [0.29, 0.717) is 16.3 Å². The zero-order valence-electron chi connectivity index (χ0n) is 10.1. The molecule has 0 amide bonds. The van der Waals surface area contributed by atoms with Crippen molar-refractivity contribution in [2.75, 3.05) is 7.11 Å². The Morgan fingerprint density at radius 1 is 1.25 bits per heavy atom. The van der Waals surface area contributed by atoms with Gasteiger partial charge in [0.2, 0.25) is 5.69 Å². The van der Waals surface area contributed by atoms with Gasteiger partial charge in [-0.1, -0.05) is 34.8 Å². The summed E-state index contributed by atoms with van der Waals surface area (Å²) in [5.74, 6) is 0.00352. The minimum atomic E-state index is -0.608. The van der Waals surface area contributed by atoms with Crippen molar-refractivity contribution in [3.05, 3.63) is 49.4 Å². The summed E-state index contributed by atoms with van der Waals surface area (Å²) in [6.45, 7) is 0. The number of methoxy groups -OCH3 is 1. The highest BCUT2D eigenvalue weighted by atomic mass is 35.5. The van der Waals surface area contributed by atoms with Crippen LogP contribution in [0.2, 0.25) is 15.1 Å². The minimum Gasteiger partial charge on any atom is -0.492 e. The van der Waals surface area contributed by atoms with Gasteiger partial charge in [0.1, 0.15) is 0 Å². The molecule has 0 aliphatic rings. The molecule has 0 unspecified atom stereocenters. The fourth-order valence-electron chi connectivity index (χ4n) is 1.62. The van der Waals surface area contributed by atoms with Crippen LogP contribution in [0.1, 0.15) is 0 Å². The Hall–Kier alpha value is -1.56. The third-order valence-corrected chi connectivity index (χ3v) is 3.52. The van der Waals surface area contributed by atoms with E-state index in [-0.39, 0.29) is 21.6 Å². The third kappa shape index (κ3) is 2.80. The molecule has 0 bridgehead atoms. The van der Waals surface area contributed by atoms with Crippen molar-refractivity contribution in [1.29, 1.82) is 0 Å². The molecule has 0 aliphatic carbocycles. The number of pyridine rings is 1. The lowest BCUT2D eigenvalue weighted by molar-refractivity contribution is -0.389. The maximum atomic E-state index is 10.8. The number of halogens is 3. The van der Waals surface area contributed by atoms with Crippen LogP contribution in [-0.4, -0.2) is 17.0 Å². The van der Waals surface area contributed by atoms with Crippen LogP contribution in [0, 0.1) is 10.1 Å². The van der Waals surface area contributed by atoms with E-state index in [0.717, 1.165) is 0 Å². The van der Waals surface area contributed by atoms with E-state index < -0.39 is 4.92 Å². The van der Waals surface area contributed by atoms with Gasteiger partial charge >= 0.3 is 5.82 Å². The van der Waals surface area contributed by atoms with Crippen LogP contribution < -0.4 is 4.74 Å². The van der Waals surface area contributed by atoms with Crippen molar-refractivity contribution >= 4 is 40.6 Å². The molecule has 20 heavy (non-hydrogen) atoms. The van der Waals surface area contributed by atoms with Gasteiger partial charge in [-0.3, -0.25) is 0 Å². The molecule has 0 radical (unpaired) electrons. The molecule has 5 nitrogen and oxygen atoms in total. The third-order valence-electron chi connectivity index (χ3n) is 2.50. The summed E-state index contributed by atoms with van der Waals surface area (Å²) in [6, 6.07) is 5.66. The van der Waals surface area contributed by atoms with Crippen molar-refractivity contribution < 1.29 is 9.66 Å². The highest BCUT2D eigenvalue weighted by Crippen LogP contribution is 2.39. The zero-order valence-corrected chi connectivity index (χ0v) is 12.3. The predicted molar refractivity (Wildman–Crippen MR) is 77.9 cm³/mol. The van der Waals surface area contributed by atoms with Crippen LogP contribution >= 0.6 is 34.8 Å². The highest BCUT2D eigenvalue weighted by molar-refractivity contribution is 6.45. The van der Waals surface area contributed by atoms with Gasteiger partial charge in [0.05, 0.1) is 22.7 Å². The van der Waals surface area contributed by atoms with Gasteiger partial charge in [-0.15, -0.1) is 0 Å². The highest BCUT2D eigenvalue weighted by Gasteiger charge is 2.22. The lowest BCUT2D eigenvalue weighted by Crippen LogP contribution is -1.97. The standard InChI is InChI=1S/C12H7Cl3N2O3/c1-20-9-2-3-10(17(18)19)16-12(9)7-4-6(13)5-8(14)11(7)15/h2-5H,1H3. The molecule has 0 saturated heterocycles. The molecule has 0 N–H and O–H groups in total. The minimum absolute atomic E-state index is 0.197. The van der Waals surface area contributed by atoms with Gasteiger partial charge in [0.25, 0.3) is 0 Å². The number of nitro groups is 1. The van der Waals surface area contributed by atoms with Gasteiger partial charge in [-0.2, -0.15) is 0 Å². The lowest BCUT2D eigenvalue weighted by atomic mass is 10.1. The Morgan fingerprint density at radius 3 is 2.55 bits per heavy atom. The summed E-state index contributed by atoms with van der Waals surface area (Å²) in [4.78, 5) is 14.1. The number of ether oxygens (including phenoxy) is 1. The van der Waals surface area contributed by atoms with E-state index in [1.807, 2.05) is 0 Å². The molecule has 0 fully saturated rings. The molecule has 1 heterocycles. The van der Waals surface area contributed by atoms with E-state index in [9.17, 15) is 10.1 Å². The van der Waals surface area contributed by atoms with E-state index in [4.69, 9.17) is 39.5 Å². The zero-order chi connectivity index (χ0) is 14.9. The molecule has 0 saturated carbocycles. The molecular formula is C12H7Cl3N2O3. The molecule has 2 aromatic rings. The second-order valence-corrected chi connectivity index (χ2v) is 4.95. The number of rotatable bonds is 3. The summed E-state index contributed by atoms with van der Waals surface area (Å²) >= 11 is 18.0. The van der Waals surface area contributed by atoms with Crippen LogP contribution in [0.25, 0.3) is 11.3 Å². The summed E-state index contributed by atoms with van der Waals surface area (Å²) in [7, 11) is 1.42. The number of nitrogens with zero attached hydrogens (tertiary/aromatic N) is 2. The fraction of sp³-hybridized carbons (Fsp3) is 0.0833. The lowest BCUT2D eigenvalue weighted by Gasteiger charge is -2.07. The van der Waals surface area contributed by atoms with Crippen molar-refractivity contribution in [2.45, 2.75) is 0 Å². The van der Waals surface area contributed by atoms with Crippen LogP contribution in [0.5, 0.6) is 5.75 Å². The fourth-order valence-corrected chi connectivity index (χ4v) is 2.32. The Balaban J connectivity index is 2.73. The maximum Gasteiger partial charge on any atom is 0.364 e. The first-order valence-corrected chi connectivity index (χ1v) is 6.41. The van der Waals surface area contributed by atoms with E-state index in [2.05, 4.69) is 4.98 Å².